The monoisotopic (exact) mass is 391 g/mol. The van der Waals surface area contributed by atoms with Crippen LogP contribution < -0.4 is 4.72 Å². The summed E-state index contributed by atoms with van der Waals surface area (Å²) in [6.45, 7) is 11.5. The molecule has 1 aromatic rings. The molecule has 0 aromatic heterocycles. The van der Waals surface area contributed by atoms with E-state index in [9.17, 15) is 4.55 Å². The first-order valence-electron chi connectivity index (χ1n) is 10.3. The van der Waals surface area contributed by atoms with Gasteiger partial charge in [-0.1, -0.05) is 49.2 Å². The highest BCUT2D eigenvalue weighted by atomic mass is 32.2. The van der Waals surface area contributed by atoms with Gasteiger partial charge in [0.05, 0.1) is 12.6 Å². The highest BCUT2D eigenvalue weighted by Crippen LogP contribution is 2.34. The first-order valence-corrected chi connectivity index (χ1v) is 11.5. The lowest BCUT2D eigenvalue weighted by atomic mass is 9.77. The third-order valence-electron chi connectivity index (χ3n) is 5.48. The zero-order chi connectivity index (χ0) is 19.7. The Morgan fingerprint density at radius 3 is 2.48 bits per heavy atom. The molecule has 0 radical (unpaired) electrons. The molecule has 2 rings (SSSR count). The van der Waals surface area contributed by atoms with Crippen molar-refractivity contribution in [3.8, 4) is 0 Å². The fraction of sp³-hybridized carbons (Fsp3) is 0.652. The number of rotatable bonds is 10. The Morgan fingerprint density at radius 1 is 1.22 bits per heavy atom. The number of benzene rings is 1. The highest BCUT2D eigenvalue weighted by Gasteiger charge is 2.33. The summed E-state index contributed by atoms with van der Waals surface area (Å²) in [5, 5.41) is 0. The van der Waals surface area contributed by atoms with Crippen molar-refractivity contribution in [2.45, 2.75) is 76.7 Å². The molecule has 0 aliphatic heterocycles. The predicted molar refractivity (Wildman–Crippen MR) is 116 cm³/mol. The maximum absolute atomic E-state index is 12.5. The molecule has 152 valence electrons. The summed E-state index contributed by atoms with van der Waals surface area (Å²) in [6, 6.07) is 10.6. The predicted octanol–water partition coefficient (Wildman–Crippen LogP) is 5.40. The molecule has 0 amide bonds. The van der Waals surface area contributed by atoms with E-state index in [1.165, 1.54) is 31.2 Å². The SMILES string of the molecule is C=CCC(N[S+]([O-])C(C)(C)C)[C@H]1CC[C@H](CCOCc2ccccc2)CC1. The maximum atomic E-state index is 12.5. The Balaban J connectivity index is 1.70. The van der Waals surface area contributed by atoms with Gasteiger partial charge >= 0.3 is 0 Å². The van der Waals surface area contributed by atoms with E-state index in [1.807, 2.05) is 32.9 Å². The van der Waals surface area contributed by atoms with E-state index < -0.39 is 11.4 Å². The summed E-state index contributed by atoms with van der Waals surface area (Å²) < 4.78 is 21.5. The van der Waals surface area contributed by atoms with Crippen LogP contribution in [0.2, 0.25) is 0 Å². The van der Waals surface area contributed by atoms with Crippen LogP contribution in [-0.2, 0) is 22.7 Å². The summed E-state index contributed by atoms with van der Waals surface area (Å²) in [4.78, 5) is 0. The first kappa shape index (κ1) is 22.5. The fourth-order valence-electron chi connectivity index (χ4n) is 3.72. The van der Waals surface area contributed by atoms with E-state index in [4.69, 9.17) is 4.74 Å². The Bertz CT molecular complexity index is 535. The van der Waals surface area contributed by atoms with Crippen LogP contribution in [0, 0.1) is 11.8 Å². The number of nitrogens with one attached hydrogen (secondary N) is 1. The highest BCUT2D eigenvalue weighted by molar-refractivity contribution is 7.90. The average Bonchev–Trinajstić information content (AvgIpc) is 2.65. The van der Waals surface area contributed by atoms with Gasteiger partial charge in [0.15, 0.2) is 0 Å². The summed E-state index contributed by atoms with van der Waals surface area (Å²) in [5.74, 6) is 1.35. The normalized spacial score (nSPS) is 23.0. The Morgan fingerprint density at radius 2 is 1.89 bits per heavy atom. The van der Waals surface area contributed by atoms with Crippen LogP contribution in [0.1, 0.15) is 64.9 Å². The van der Waals surface area contributed by atoms with Crippen molar-refractivity contribution >= 4 is 11.4 Å². The smallest absolute Gasteiger partial charge is 0.136 e. The average molecular weight is 392 g/mol. The number of hydrogen-bond donors (Lipinski definition) is 1. The standard InChI is InChI=1S/C23H37NO2S/c1-5-9-22(24-27(25)23(2,3)4)21-14-12-19(13-15-21)16-17-26-18-20-10-7-6-8-11-20/h5-8,10-11,19,21-22,24H,1,9,12-18H2,2-4H3/t19-,21-,22?,27?. The largest absolute Gasteiger partial charge is 0.598 e. The van der Waals surface area contributed by atoms with Crippen molar-refractivity contribution < 1.29 is 9.29 Å². The third kappa shape index (κ3) is 7.98. The van der Waals surface area contributed by atoms with Crippen LogP contribution in [-0.4, -0.2) is 21.9 Å². The molecule has 2 unspecified atom stereocenters. The number of ether oxygens (including phenoxy) is 1. The lowest BCUT2D eigenvalue weighted by Crippen LogP contribution is -2.48. The topological polar surface area (TPSA) is 44.3 Å². The van der Waals surface area contributed by atoms with Crippen LogP contribution in [0.15, 0.2) is 43.0 Å². The summed E-state index contributed by atoms with van der Waals surface area (Å²) in [5.41, 5.74) is 1.24. The lowest BCUT2D eigenvalue weighted by Gasteiger charge is -2.35. The van der Waals surface area contributed by atoms with E-state index in [1.54, 1.807) is 0 Å². The van der Waals surface area contributed by atoms with Crippen molar-refractivity contribution in [1.82, 2.24) is 4.72 Å². The van der Waals surface area contributed by atoms with Crippen LogP contribution in [0.25, 0.3) is 0 Å². The quantitative estimate of drug-likeness (QED) is 0.330. The van der Waals surface area contributed by atoms with Crippen molar-refractivity contribution in [3.05, 3.63) is 48.6 Å². The minimum Gasteiger partial charge on any atom is -0.598 e. The van der Waals surface area contributed by atoms with Gasteiger partial charge in [0.25, 0.3) is 0 Å². The number of hydrogen-bond acceptors (Lipinski definition) is 3. The molecule has 1 aliphatic carbocycles. The van der Waals surface area contributed by atoms with Gasteiger partial charge in [0.1, 0.15) is 4.75 Å². The molecule has 1 N–H and O–H groups in total. The Labute approximate surface area is 169 Å². The molecule has 0 saturated heterocycles. The molecular formula is C23H37NO2S. The van der Waals surface area contributed by atoms with Gasteiger partial charge in [-0.25, -0.2) is 0 Å². The second kappa shape index (κ2) is 11.3. The van der Waals surface area contributed by atoms with E-state index in [0.29, 0.717) is 12.5 Å². The summed E-state index contributed by atoms with van der Waals surface area (Å²) in [6.07, 6.45) is 8.89. The molecular weight excluding hydrogens is 354 g/mol. The van der Waals surface area contributed by atoms with Crippen molar-refractivity contribution in [2.24, 2.45) is 11.8 Å². The minimum atomic E-state index is -1.02. The fourth-order valence-corrected chi connectivity index (χ4v) is 4.64. The van der Waals surface area contributed by atoms with E-state index in [0.717, 1.165) is 25.4 Å². The molecule has 0 bridgehead atoms. The molecule has 1 fully saturated rings. The van der Waals surface area contributed by atoms with E-state index in [-0.39, 0.29) is 10.8 Å². The summed E-state index contributed by atoms with van der Waals surface area (Å²) in [7, 11) is 0. The molecule has 4 heteroatoms. The van der Waals surface area contributed by atoms with Gasteiger partial charge in [0.2, 0.25) is 0 Å². The molecule has 2 atom stereocenters. The molecule has 27 heavy (non-hydrogen) atoms. The molecule has 1 saturated carbocycles. The van der Waals surface area contributed by atoms with Crippen molar-refractivity contribution in [2.75, 3.05) is 6.61 Å². The van der Waals surface area contributed by atoms with Crippen LogP contribution >= 0.6 is 0 Å². The van der Waals surface area contributed by atoms with Crippen molar-refractivity contribution in [3.63, 3.8) is 0 Å². The van der Waals surface area contributed by atoms with Crippen LogP contribution in [0.3, 0.4) is 0 Å². The van der Waals surface area contributed by atoms with Crippen LogP contribution in [0.4, 0.5) is 0 Å². The van der Waals surface area contributed by atoms with Crippen molar-refractivity contribution in [1.29, 1.82) is 0 Å². The molecule has 3 nitrogen and oxygen atoms in total. The molecule has 0 heterocycles. The Hall–Kier alpha value is -0.810. The second-order valence-electron chi connectivity index (χ2n) is 8.74. The maximum Gasteiger partial charge on any atom is 0.136 e. The van der Waals surface area contributed by atoms with Gasteiger partial charge in [-0.2, -0.15) is 0 Å². The zero-order valence-corrected chi connectivity index (χ0v) is 18.1. The Kier molecular flexibility index (Phi) is 9.37. The molecule has 0 spiro atoms. The van der Waals surface area contributed by atoms with E-state index >= 15 is 0 Å². The zero-order valence-electron chi connectivity index (χ0n) is 17.3. The van der Waals surface area contributed by atoms with Gasteiger partial charge in [-0.05, 0) is 63.9 Å². The first-order chi connectivity index (χ1) is 12.9. The van der Waals surface area contributed by atoms with Gasteiger partial charge in [0, 0.05) is 18.0 Å². The minimum absolute atomic E-state index is 0.229. The second-order valence-corrected chi connectivity index (χ2v) is 10.7. The van der Waals surface area contributed by atoms with Gasteiger partial charge in [-0.3, -0.25) is 0 Å². The lowest BCUT2D eigenvalue weighted by molar-refractivity contribution is 0.0962. The molecule has 1 aromatic carbocycles. The summed E-state index contributed by atoms with van der Waals surface area (Å²) >= 11 is -1.02. The third-order valence-corrected chi connectivity index (χ3v) is 7.11. The van der Waals surface area contributed by atoms with Gasteiger partial charge < -0.3 is 9.29 Å². The van der Waals surface area contributed by atoms with Gasteiger partial charge in [-0.15, -0.1) is 11.3 Å². The van der Waals surface area contributed by atoms with E-state index in [2.05, 4.69) is 35.6 Å². The molecule has 1 aliphatic rings. The van der Waals surface area contributed by atoms with Crippen LogP contribution in [0.5, 0.6) is 0 Å².